The molecule has 3 rings (SSSR count). The van der Waals surface area contributed by atoms with E-state index < -0.39 is 0 Å². The summed E-state index contributed by atoms with van der Waals surface area (Å²) in [4.78, 5) is 0. The summed E-state index contributed by atoms with van der Waals surface area (Å²) in [6.07, 6.45) is 6.77. The van der Waals surface area contributed by atoms with Gasteiger partial charge in [-0.05, 0) is 42.7 Å². The first-order chi connectivity index (χ1) is 8.57. The topological polar surface area (TPSA) is 40.2 Å². The van der Waals surface area contributed by atoms with Crippen molar-refractivity contribution in [2.24, 2.45) is 11.1 Å². The molecule has 3 heteroatoms. The van der Waals surface area contributed by atoms with Crippen molar-refractivity contribution in [3.05, 3.63) is 23.5 Å². The molecule has 2 aliphatic rings. The van der Waals surface area contributed by atoms with Gasteiger partial charge in [0, 0.05) is 37.2 Å². The maximum Gasteiger partial charge on any atom is 0.0485 e. The molecule has 1 aromatic rings. The number of hydrogen-bond acceptors (Lipinski definition) is 2. The fraction of sp³-hybridized carbons (Fsp3) is 0.733. The van der Waals surface area contributed by atoms with Gasteiger partial charge < -0.3 is 15.0 Å². The van der Waals surface area contributed by atoms with Crippen LogP contribution in [0.1, 0.15) is 56.5 Å². The van der Waals surface area contributed by atoms with E-state index in [9.17, 15) is 0 Å². The minimum atomic E-state index is 0.213. The Bertz CT molecular complexity index is 430. The molecule has 0 spiro atoms. The first kappa shape index (κ1) is 12.2. The maximum absolute atomic E-state index is 6.33. The molecule has 0 radical (unpaired) electrons. The lowest BCUT2D eigenvalue weighted by Gasteiger charge is -2.36. The normalized spacial score (nSPS) is 28.1. The maximum atomic E-state index is 6.33. The molecule has 1 unspecified atom stereocenters. The molecule has 1 aromatic heterocycles. The summed E-state index contributed by atoms with van der Waals surface area (Å²) < 4.78 is 7.95. The lowest BCUT2D eigenvalue weighted by Crippen LogP contribution is -2.31. The van der Waals surface area contributed by atoms with Gasteiger partial charge in [0.25, 0.3) is 0 Å². The van der Waals surface area contributed by atoms with E-state index in [2.05, 4.69) is 30.7 Å². The van der Waals surface area contributed by atoms with Crippen molar-refractivity contribution in [2.75, 3.05) is 13.2 Å². The van der Waals surface area contributed by atoms with Crippen LogP contribution in [0.5, 0.6) is 0 Å². The van der Waals surface area contributed by atoms with Crippen LogP contribution in [0.15, 0.2) is 12.3 Å². The van der Waals surface area contributed by atoms with Gasteiger partial charge in [0.1, 0.15) is 0 Å². The lowest BCUT2D eigenvalue weighted by molar-refractivity contribution is 0.0682. The monoisotopic (exact) mass is 248 g/mol. The largest absolute Gasteiger partial charge is 0.381 e. The Hall–Kier alpha value is -0.800. The fourth-order valence-corrected chi connectivity index (χ4v) is 3.56. The van der Waals surface area contributed by atoms with E-state index >= 15 is 0 Å². The van der Waals surface area contributed by atoms with Crippen molar-refractivity contribution in [1.82, 2.24) is 4.57 Å². The van der Waals surface area contributed by atoms with Crippen molar-refractivity contribution in [3.8, 4) is 0 Å². The summed E-state index contributed by atoms with van der Waals surface area (Å²) in [7, 11) is 0. The third-order valence-corrected chi connectivity index (χ3v) is 4.46. The second-order valence-electron chi connectivity index (χ2n) is 6.62. The number of nitrogens with zero attached hydrogens (tertiary/aromatic N) is 1. The zero-order valence-electron chi connectivity index (χ0n) is 11.5. The molecule has 1 saturated heterocycles. The highest BCUT2D eigenvalue weighted by atomic mass is 16.5. The van der Waals surface area contributed by atoms with Crippen LogP contribution in [0.2, 0.25) is 0 Å². The van der Waals surface area contributed by atoms with Crippen LogP contribution >= 0.6 is 0 Å². The van der Waals surface area contributed by atoms with Crippen LogP contribution in [0, 0.1) is 5.41 Å². The summed E-state index contributed by atoms with van der Waals surface area (Å²) in [5.74, 6) is 0. The molecule has 0 bridgehead atoms. The van der Waals surface area contributed by atoms with Gasteiger partial charge in [-0.1, -0.05) is 13.8 Å². The summed E-state index contributed by atoms with van der Waals surface area (Å²) in [6.45, 7) is 6.45. The van der Waals surface area contributed by atoms with E-state index in [0.717, 1.165) is 38.9 Å². The number of aromatic nitrogens is 1. The Balaban J connectivity index is 1.93. The van der Waals surface area contributed by atoms with Crippen LogP contribution in [-0.2, 0) is 11.2 Å². The number of fused-ring (bicyclic) bond motifs is 1. The van der Waals surface area contributed by atoms with E-state index in [-0.39, 0.29) is 6.04 Å². The number of rotatable bonds is 1. The molecule has 18 heavy (non-hydrogen) atoms. The Kier molecular flexibility index (Phi) is 2.99. The predicted molar refractivity (Wildman–Crippen MR) is 72.6 cm³/mol. The number of nitrogens with two attached hydrogens (primary N) is 1. The SMILES string of the molecule is CC1(C)Cc2c(ccn2C2CCOCC2)C(N)C1. The molecule has 0 aromatic carbocycles. The molecular weight excluding hydrogens is 224 g/mol. The zero-order chi connectivity index (χ0) is 12.8. The highest BCUT2D eigenvalue weighted by molar-refractivity contribution is 5.30. The lowest BCUT2D eigenvalue weighted by atomic mass is 9.74. The van der Waals surface area contributed by atoms with Crippen molar-refractivity contribution < 1.29 is 4.74 Å². The Labute approximate surface area is 109 Å². The van der Waals surface area contributed by atoms with Gasteiger partial charge in [0.2, 0.25) is 0 Å². The summed E-state index contributed by atoms with van der Waals surface area (Å²) in [6, 6.07) is 3.07. The highest BCUT2D eigenvalue weighted by Crippen LogP contribution is 2.41. The molecule has 0 saturated carbocycles. The van der Waals surface area contributed by atoms with E-state index in [0.29, 0.717) is 11.5 Å². The van der Waals surface area contributed by atoms with Gasteiger partial charge in [-0.3, -0.25) is 0 Å². The number of ether oxygens (including phenoxy) is 1. The average molecular weight is 248 g/mol. The molecule has 1 aliphatic heterocycles. The minimum Gasteiger partial charge on any atom is -0.381 e. The van der Waals surface area contributed by atoms with Gasteiger partial charge in [-0.2, -0.15) is 0 Å². The van der Waals surface area contributed by atoms with Crippen molar-refractivity contribution in [2.45, 2.75) is 51.6 Å². The van der Waals surface area contributed by atoms with Gasteiger partial charge in [-0.25, -0.2) is 0 Å². The van der Waals surface area contributed by atoms with Gasteiger partial charge in [0.15, 0.2) is 0 Å². The Morgan fingerprint density at radius 3 is 2.78 bits per heavy atom. The van der Waals surface area contributed by atoms with Crippen LogP contribution in [0.25, 0.3) is 0 Å². The Morgan fingerprint density at radius 2 is 2.06 bits per heavy atom. The van der Waals surface area contributed by atoms with E-state index in [4.69, 9.17) is 10.5 Å². The molecule has 0 amide bonds. The summed E-state index contributed by atoms with van der Waals surface area (Å²) in [5, 5.41) is 0. The molecule has 2 heterocycles. The standard InChI is InChI=1S/C15H24N2O/c1-15(2)9-13(16)12-3-6-17(14(12)10-15)11-4-7-18-8-5-11/h3,6,11,13H,4-5,7-10,16H2,1-2H3. The highest BCUT2D eigenvalue weighted by Gasteiger charge is 2.33. The van der Waals surface area contributed by atoms with Crippen LogP contribution in [0.3, 0.4) is 0 Å². The van der Waals surface area contributed by atoms with Crippen molar-refractivity contribution >= 4 is 0 Å². The minimum absolute atomic E-state index is 0.213. The van der Waals surface area contributed by atoms with Crippen LogP contribution in [-0.4, -0.2) is 17.8 Å². The summed E-state index contributed by atoms with van der Waals surface area (Å²) in [5.41, 5.74) is 9.51. The molecule has 100 valence electrons. The molecule has 1 aliphatic carbocycles. The van der Waals surface area contributed by atoms with E-state index in [1.54, 1.807) is 0 Å². The quantitative estimate of drug-likeness (QED) is 0.830. The van der Waals surface area contributed by atoms with Crippen molar-refractivity contribution in [3.63, 3.8) is 0 Å². The smallest absolute Gasteiger partial charge is 0.0485 e. The second kappa shape index (κ2) is 4.39. The Morgan fingerprint density at radius 1 is 1.33 bits per heavy atom. The third kappa shape index (κ3) is 2.10. The summed E-state index contributed by atoms with van der Waals surface area (Å²) >= 11 is 0. The molecule has 3 nitrogen and oxygen atoms in total. The average Bonchev–Trinajstić information content (AvgIpc) is 2.72. The van der Waals surface area contributed by atoms with Crippen molar-refractivity contribution in [1.29, 1.82) is 0 Å². The fourth-order valence-electron chi connectivity index (χ4n) is 3.56. The van der Waals surface area contributed by atoms with E-state index in [1.807, 2.05) is 0 Å². The molecule has 2 N–H and O–H groups in total. The first-order valence-corrected chi connectivity index (χ1v) is 7.10. The molecule has 1 atom stereocenters. The van der Waals surface area contributed by atoms with Gasteiger partial charge in [-0.15, -0.1) is 0 Å². The zero-order valence-corrected chi connectivity index (χ0v) is 11.5. The van der Waals surface area contributed by atoms with Gasteiger partial charge >= 0.3 is 0 Å². The molecule has 1 fully saturated rings. The van der Waals surface area contributed by atoms with Crippen LogP contribution in [0.4, 0.5) is 0 Å². The number of hydrogen-bond donors (Lipinski definition) is 1. The first-order valence-electron chi connectivity index (χ1n) is 7.10. The van der Waals surface area contributed by atoms with Gasteiger partial charge in [0.05, 0.1) is 0 Å². The molecular formula is C15H24N2O. The predicted octanol–water partition coefficient (Wildman–Crippen LogP) is 2.81. The second-order valence-corrected chi connectivity index (χ2v) is 6.62. The third-order valence-electron chi connectivity index (χ3n) is 4.46. The van der Waals surface area contributed by atoms with E-state index in [1.165, 1.54) is 11.3 Å². The van der Waals surface area contributed by atoms with Crippen LogP contribution < -0.4 is 5.73 Å².